The molecule has 0 radical (unpaired) electrons. The highest BCUT2D eigenvalue weighted by Gasteiger charge is 2.68. The van der Waals surface area contributed by atoms with Crippen LogP contribution in [-0.2, 0) is 5.66 Å². The van der Waals surface area contributed by atoms with Gasteiger partial charge >= 0.3 is 5.66 Å². The third-order valence-corrected chi connectivity index (χ3v) is 10.1. The highest BCUT2D eigenvalue weighted by atomic mass is 16.5. The number of aromatic nitrogens is 4. The molecule has 7 heterocycles. The van der Waals surface area contributed by atoms with Crippen molar-refractivity contribution in [1.82, 2.24) is 9.08 Å². The van der Waals surface area contributed by atoms with Crippen molar-refractivity contribution in [3.8, 4) is 17.3 Å². The summed E-state index contributed by atoms with van der Waals surface area (Å²) >= 11 is 0. The Kier molecular flexibility index (Phi) is 3.03. The minimum absolute atomic E-state index is 0.686. The third-order valence-electron chi connectivity index (χ3n) is 10.1. The number of pyridine rings is 2. The molecular weight excluding hydrogens is 516 g/mol. The number of fused-ring (bicyclic) bond motifs is 11. The van der Waals surface area contributed by atoms with Crippen LogP contribution in [0.15, 0.2) is 121 Å². The van der Waals surface area contributed by atoms with E-state index in [2.05, 4.69) is 140 Å². The summed E-state index contributed by atoms with van der Waals surface area (Å²) in [5, 5.41) is 7.52. The molecule has 1 atom stereocenters. The highest BCUT2D eigenvalue weighted by molar-refractivity contribution is 6.19. The second-order valence-electron chi connectivity index (χ2n) is 11.8. The molecule has 0 N–H and O–H groups in total. The minimum atomic E-state index is -0.686. The molecule has 0 amide bonds. The van der Waals surface area contributed by atoms with Gasteiger partial charge in [-0.05, 0) is 58.6 Å². The first-order valence-electron chi connectivity index (χ1n) is 14.5. The Morgan fingerprint density at radius 2 is 1.17 bits per heavy atom. The Labute approximate surface area is 238 Å². The molecule has 1 spiro atoms. The molecule has 0 bridgehead atoms. The fourth-order valence-electron chi connectivity index (χ4n) is 8.71. The van der Waals surface area contributed by atoms with E-state index >= 15 is 0 Å². The van der Waals surface area contributed by atoms with Gasteiger partial charge in [0.05, 0.1) is 11.6 Å². The zero-order chi connectivity index (χ0) is 26.9. The van der Waals surface area contributed by atoms with Crippen molar-refractivity contribution < 1.29 is 14.0 Å². The maximum Gasteiger partial charge on any atom is 0.398 e. The molecule has 4 aromatic heterocycles. The van der Waals surface area contributed by atoms with E-state index in [-0.39, 0.29) is 0 Å². The SMILES string of the molecule is c1cc[n+]2c(c1)-n1c3ccccc3c3ccc4c(c31)C21c2c(ccc3c5ccccc5c5c6ccccc6[n+]1n5c23)O4. The third kappa shape index (κ3) is 1.83. The van der Waals surface area contributed by atoms with Crippen LogP contribution in [0, 0.1) is 0 Å². The summed E-state index contributed by atoms with van der Waals surface area (Å²) < 4.78 is 16.9. The normalized spacial score (nSPS) is 17.3. The van der Waals surface area contributed by atoms with Crippen LogP contribution < -0.4 is 14.0 Å². The molecule has 1 unspecified atom stereocenters. The lowest BCUT2D eigenvalue weighted by Gasteiger charge is -2.33. The molecule has 12 rings (SSSR count). The van der Waals surface area contributed by atoms with Gasteiger partial charge in [0.1, 0.15) is 28.0 Å². The van der Waals surface area contributed by atoms with E-state index in [4.69, 9.17) is 4.74 Å². The van der Waals surface area contributed by atoms with E-state index in [9.17, 15) is 0 Å². The zero-order valence-electron chi connectivity index (χ0n) is 22.2. The van der Waals surface area contributed by atoms with Gasteiger partial charge in [0.15, 0.2) is 16.6 Å². The van der Waals surface area contributed by atoms with Crippen LogP contribution in [0.5, 0.6) is 11.5 Å². The van der Waals surface area contributed by atoms with Gasteiger partial charge in [-0.3, -0.25) is 0 Å². The predicted octanol–water partition coefficient (Wildman–Crippen LogP) is 7.10. The van der Waals surface area contributed by atoms with Gasteiger partial charge in [-0.25, -0.2) is 0 Å². The van der Waals surface area contributed by atoms with Gasteiger partial charge in [0.2, 0.25) is 5.52 Å². The van der Waals surface area contributed by atoms with E-state index < -0.39 is 5.66 Å². The van der Waals surface area contributed by atoms with Crippen molar-refractivity contribution in [3.05, 3.63) is 133 Å². The van der Waals surface area contributed by atoms with Crippen LogP contribution in [0.2, 0.25) is 0 Å². The molecule has 9 aromatic rings. The monoisotopic (exact) mass is 536 g/mol. The lowest BCUT2D eigenvalue weighted by atomic mass is 9.83. The van der Waals surface area contributed by atoms with E-state index in [0.29, 0.717) is 0 Å². The van der Waals surface area contributed by atoms with Gasteiger partial charge in [-0.1, -0.05) is 54.6 Å². The van der Waals surface area contributed by atoms with E-state index in [1.165, 1.54) is 71.0 Å². The summed E-state index contributed by atoms with van der Waals surface area (Å²) in [7, 11) is 0. The first-order valence-corrected chi connectivity index (χ1v) is 14.5. The van der Waals surface area contributed by atoms with Crippen LogP contribution in [0.3, 0.4) is 0 Å². The fraction of sp³-hybridized carbons (Fsp3) is 0.0270. The molecule has 5 nitrogen and oxygen atoms in total. The Bertz CT molecular complexity index is 2780. The Morgan fingerprint density at radius 3 is 2.02 bits per heavy atom. The van der Waals surface area contributed by atoms with Crippen LogP contribution >= 0.6 is 0 Å². The number of hydrogen-bond acceptors (Lipinski definition) is 1. The van der Waals surface area contributed by atoms with E-state index in [1.54, 1.807) is 0 Å². The summed E-state index contributed by atoms with van der Waals surface area (Å²) in [5.41, 5.74) is 7.78. The van der Waals surface area contributed by atoms with Crippen molar-refractivity contribution >= 4 is 59.9 Å². The van der Waals surface area contributed by atoms with Crippen molar-refractivity contribution in [2.75, 3.05) is 0 Å². The molecule has 3 aliphatic heterocycles. The Balaban J connectivity index is 1.48. The number of hydrogen-bond donors (Lipinski definition) is 0. The van der Waals surface area contributed by atoms with Gasteiger partial charge < -0.3 is 4.74 Å². The summed E-state index contributed by atoms with van der Waals surface area (Å²) in [5.74, 6) is 2.96. The number of nitrogens with zero attached hydrogens (tertiary/aromatic N) is 4. The number of ether oxygens (including phenoxy) is 1. The van der Waals surface area contributed by atoms with Gasteiger partial charge in [0.25, 0.3) is 5.82 Å². The first kappa shape index (κ1) is 20.2. The van der Waals surface area contributed by atoms with Crippen LogP contribution in [-0.4, -0.2) is 9.08 Å². The zero-order valence-corrected chi connectivity index (χ0v) is 22.2. The molecule has 5 aromatic carbocycles. The average Bonchev–Trinajstić information content (AvgIpc) is 3.68. The molecular formula is C37H20N4O+2. The minimum Gasteiger partial charge on any atom is -0.456 e. The first-order chi connectivity index (χ1) is 20.9. The topological polar surface area (TPSA) is 26.3 Å². The molecule has 0 saturated heterocycles. The Morgan fingerprint density at radius 1 is 0.524 bits per heavy atom. The highest BCUT2D eigenvalue weighted by Crippen LogP contribution is 2.56. The average molecular weight is 537 g/mol. The van der Waals surface area contributed by atoms with Gasteiger partial charge in [-0.15, -0.1) is 4.52 Å². The lowest BCUT2D eigenvalue weighted by Crippen LogP contribution is -2.76. The number of rotatable bonds is 0. The summed E-state index contributed by atoms with van der Waals surface area (Å²) in [4.78, 5) is 0. The van der Waals surface area contributed by atoms with Crippen LogP contribution in [0.4, 0.5) is 0 Å². The molecule has 0 saturated carbocycles. The Hall–Kier alpha value is -5.68. The van der Waals surface area contributed by atoms with E-state index in [1.807, 2.05) is 0 Å². The summed E-state index contributed by atoms with van der Waals surface area (Å²) in [6.07, 6.45) is 2.26. The van der Waals surface area contributed by atoms with Crippen molar-refractivity contribution in [3.63, 3.8) is 0 Å². The van der Waals surface area contributed by atoms with Crippen LogP contribution in [0.25, 0.3) is 65.7 Å². The standard InChI is InChI=1S/C37H20N4O/c1-2-11-23-21(9-1)24-16-18-30-33-36(24)40-34(23)26-12-4-6-14-28(26)41(40)37(33)32-29(42-30)19-17-25-22-10-3-5-13-27(22)39(35(25)32)31-15-7-8-20-38(31)37/h1-20H/q+2. The summed E-state index contributed by atoms with van der Waals surface area (Å²) in [6.45, 7) is 0. The molecule has 192 valence electrons. The number of para-hydroxylation sites is 2. The molecule has 5 heteroatoms. The maximum atomic E-state index is 6.91. The van der Waals surface area contributed by atoms with E-state index in [0.717, 1.165) is 17.3 Å². The molecule has 0 aliphatic carbocycles. The second-order valence-corrected chi connectivity index (χ2v) is 11.8. The quantitative estimate of drug-likeness (QED) is 0.150. The largest absolute Gasteiger partial charge is 0.456 e. The van der Waals surface area contributed by atoms with Gasteiger partial charge in [0, 0.05) is 33.7 Å². The summed E-state index contributed by atoms with van der Waals surface area (Å²) in [6, 6.07) is 42.0. The fourth-order valence-corrected chi connectivity index (χ4v) is 8.71. The number of benzene rings is 5. The molecule has 0 fully saturated rings. The van der Waals surface area contributed by atoms with Gasteiger partial charge in [-0.2, -0.15) is 9.13 Å². The smallest absolute Gasteiger partial charge is 0.398 e. The lowest BCUT2D eigenvalue weighted by molar-refractivity contribution is -0.980. The molecule has 3 aliphatic rings. The second kappa shape index (κ2) is 6.29. The predicted molar refractivity (Wildman–Crippen MR) is 163 cm³/mol. The maximum absolute atomic E-state index is 6.91. The molecule has 42 heavy (non-hydrogen) atoms. The van der Waals surface area contributed by atoms with Crippen molar-refractivity contribution in [2.45, 2.75) is 5.66 Å². The van der Waals surface area contributed by atoms with Crippen LogP contribution in [0.1, 0.15) is 11.1 Å². The van der Waals surface area contributed by atoms with Crippen molar-refractivity contribution in [1.29, 1.82) is 0 Å². The van der Waals surface area contributed by atoms with Crippen molar-refractivity contribution in [2.24, 2.45) is 0 Å².